The van der Waals surface area contributed by atoms with Crippen molar-refractivity contribution >= 4 is 5.82 Å². The van der Waals surface area contributed by atoms with Crippen LogP contribution in [0.25, 0.3) is 11.1 Å². The summed E-state index contributed by atoms with van der Waals surface area (Å²) in [7, 11) is 0. The summed E-state index contributed by atoms with van der Waals surface area (Å²) < 4.78 is 2.05. The van der Waals surface area contributed by atoms with E-state index in [1.807, 2.05) is 6.20 Å². The van der Waals surface area contributed by atoms with Crippen LogP contribution in [-0.4, -0.2) is 4.57 Å². The van der Waals surface area contributed by atoms with Crippen LogP contribution in [0.2, 0.25) is 0 Å². The third-order valence-electron chi connectivity index (χ3n) is 2.68. The minimum atomic E-state index is 0.850. The van der Waals surface area contributed by atoms with E-state index in [2.05, 4.69) is 48.7 Å². The zero-order chi connectivity index (χ0) is 10.8. The molecule has 0 aliphatic rings. The fourth-order valence-electron chi connectivity index (χ4n) is 1.82. The van der Waals surface area contributed by atoms with Crippen LogP contribution in [0.15, 0.2) is 36.5 Å². The predicted molar refractivity (Wildman–Crippen MR) is 64.7 cm³/mol. The van der Waals surface area contributed by atoms with E-state index in [4.69, 9.17) is 5.73 Å². The molecule has 0 unspecified atom stereocenters. The van der Waals surface area contributed by atoms with Crippen LogP contribution in [0.5, 0.6) is 0 Å². The Morgan fingerprint density at radius 2 is 2.07 bits per heavy atom. The molecular formula is C13H16N2. The molecule has 2 heteroatoms. The molecule has 0 aliphatic heterocycles. The number of aromatic nitrogens is 1. The molecule has 0 spiro atoms. The van der Waals surface area contributed by atoms with Gasteiger partial charge >= 0.3 is 0 Å². The summed E-state index contributed by atoms with van der Waals surface area (Å²) in [5, 5.41) is 0. The van der Waals surface area contributed by atoms with Gasteiger partial charge in [-0.25, -0.2) is 0 Å². The molecule has 1 aromatic heterocycles. The molecule has 0 fully saturated rings. The standard InChI is InChI=1S/C13H16N2/c1-3-15-8-7-12(13(15)14)11-6-4-5-10(2)9-11/h4-9H,3,14H2,1-2H3. The van der Waals surface area contributed by atoms with E-state index in [1.54, 1.807) is 0 Å². The molecule has 2 nitrogen and oxygen atoms in total. The number of rotatable bonds is 2. The Morgan fingerprint density at radius 1 is 1.27 bits per heavy atom. The second kappa shape index (κ2) is 3.81. The van der Waals surface area contributed by atoms with Gasteiger partial charge in [-0.1, -0.05) is 29.8 Å². The quantitative estimate of drug-likeness (QED) is 0.793. The van der Waals surface area contributed by atoms with Gasteiger partial charge in [-0.2, -0.15) is 0 Å². The number of anilines is 1. The average Bonchev–Trinajstić information content (AvgIpc) is 2.59. The number of benzene rings is 1. The zero-order valence-electron chi connectivity index (χ0n) is 9.20. The van der Waals surface area contributed by atoms with E-state index < -0.39 is 0 Å². The number of hydrogen-bond acceptors (Lipinski definition) is 1. The Kier molecular flexibility index (Phi) is 2.50. The maximum absolute atomic E-state index is 6.06. The molecule has 0 atom stereocenters. The van der Waals surface area contributed by atoms with Gasteiger partial charge in [0.25, 0.3) is 0 Å². The summed E-state index contributed by atoms with van der Waals surface area (Å²) in [6.07, 6.45) is 2.03. The maximum atomic E-state index is 6.06. The van der Waals surface area contributed by atoms with Gasteiger partial charge in [-0.15, -0.1) is 0 Å². The highest BCUT2D eigenvalue weighted by Crippen LogP contribution is 2.27. The van der Waals surface area contributed by atoms with E-state index >= 15 is 0 Å². The van der Waals surface area contributed by atoms with Gasteiger partial charge in [-0.05, 0) is 25.5 Å². The Morgan fingerprint density at radius 3 is 2.67 bits per heavy atom. The van der Waals surface area contributed by atoms with Crippen LogP contribution >= 0.6 is 0 Å². The van der Waals surface area contributed by atoms with Crippen molar-refractivity contribution < 1.29 is 0 Å². The SMILES string of the molecule is CCn1ccc(-c2cccc(C)c2)c1N. The van der Waals surface area contributed by atoms with Crippen LogP contribution in [0, 0.1) is 6.92 Å². The first-order valence-corrected chi connectivity index (χ1v) is 5.24. The molecule has 78 valence electrons. The fourth-order valence-corrected chi connectivity index (χ4v) is 1.82. The smallest absolute Gasteiger partial charge is 0.111 e. The van der Waals surface area contributed by atoms with Crippen molar-refractivity contribution in [3.63, 3.8) is 0 Å². The molecular weight excluding hydrogens is 184 g/mol. The highest BCUT2D eigenvalue weighted by atomic mass is 15.0. The van der Waals surface area contributed by atoms with Crippen LogP contribution in [0.3, 0.4) is 0 Å². The lowest BCUT2D eigenvalue weighted by molar-refractivity contribution is 0.780. The van der Waals surface area contributed by atoms with Gasteiger partial charge in [0.15, 0.2) is 0 Å². The molecule has 0 aliphatic carbocycles. The third-order valence-corrected chi connectivity index (χ3v) is 2.68. The molecule has 0 saturated heterocycles. The van der Waals surface area contributed by atoms with E-state index in [1.165, 1.54) is 11.1 Å². The van der Waals surface area contributed by atoms with Crippen molar-refractivity contribution in [2.75, 3.05) is 5.73 Å². The lowest BCUT2D eigenvalue weighted by Crippen LogP contribution is -1.99. The van der Waals surface area contributed by atoms with Crippen LogP contribution in [-0.2, 0) is 6.54 Å². The van der Waals surface area contributed by atoms with Crippen LogP contribution < -0.4 is 5.73 Å². The topological polar surface area (TPSA) is 30.9 Å². The summed E-state index contributed by atoms with van der Waals surface area (Å²) >= 11 is 0. The molecule has 1 aromatic carbocycles. The second-order valence-corrected chi connectivity index (χ2v) is 3.77. The number of nitrogen functional groups attached to an aromatic ring is 1. The number of hydrogen-bond donors (Lipinski definition) is 1. The molecule has 2 aromatic rings. The van der Waals surface area contributed by atoms with E-state index in [0.29, 0.717) is 0 Å². The second-order valence-electron chi connectivity index (χ2n) is 3.77. The molecule has 0 saturated carbocycles. The first-order valence-electron chi connectivity index (χ1n) is 5.24. The summed E-state index contributed by atoms with van der Waals surface area (Å²) in [4.78, 5) is 0. The van der Waals surface area contributed by atoms with Gasteiger partial charge < -0.3 is 10.3 Å². The van der Waals surface area contributed by atoms with Gasteiger partial charge in [0.2, 0.25) is 0 Å². The number of nitrogens with zero attached hydrogens (tertiary/aromatic N) is 1. The van der Waals surface area contributed by atoms with E-state index in [-0.39, 0.29) is 0 Å². The van der Waals surface area contributed by atoms with Gasteiger partial charge in [-0.3, -0.25) is 0 Å². The molecule has 15 heavy (non-hydrogen) atoms. The molecule has 0 bridgehead atoms. The van der Waals surface area contributed by atoms with Crippen molar-refractivity contribution in [3.8, 4) is 11.1 Å². The highest BCUT2D eigenvalue weighted by Gasteiger charge is 2.06. The number of nitrogens with two attached hydrogens (primary N) is 1. The lowest BCUT2D eigenvalue weighted by atomic mass is 10.1. The van der Waals surface area contributed by atoms with Gasteiger partial charge in [0.05, 0.1) is 0 Å². The van der Waals surface area contributed by atoms with Crippen LogP contribution in [0.1, 0.15) is 12.5 Å². The van der Waals surface area contributed by atoms with Crippen molar-refractivity contribution in [3.05, 3.63) is 42.1 Å². The third kappa shape index (κ3) is 1.75. The van der Waals surface area contributed by atoms with Gasteiger partial charge in [0.1, 0.15) is 5.82 Å². The van der Waals surface area contributed by atoms with Crippen LogP contribution in [0.4, 0.5) is 5.82 Å². The predicted octanol–water partition coefficient (Wildman–Crippen LogP) is 3.07. The molecule has 1 heterocycles. The monoisotopic (exact) mass is 200 g/mol. The fraction of sp³-hybridized carbons (Fsp3) is 0.231. The summed E-state index contributed by atoms with van der Waals surface area (Å²) in [6.45, 7) is 5.10. The molecule has 0 amide bonds. The van der Waals surface area contributed by atoms with Gasteiger partial charge in [0, 0.05) is 18.3 Å². The highest BCUT2D eigenvalue weighted by molar-refractivity contribution is 5.75. The first-order chi connectivity index (χ1) is 7.22. The Hall–Kier alpha value is -1.70. The van der Waals surface area contributed by atoms with E-state index in [0.717, 1.165) is 17.9 Å². The largest absolute Gasteiger partial charge is 0.385 e. The average molecular weight is 200 g/mol. The maximum Gasteiger partial charge on any atom is 0.111 e. The Bertz CT molecular complexity index is 469. The summed E-state index contributed by atoms with van der Waals surface area (Å²) in [6, 6.07) is 10.5. The Labute approximate surface area is 90.3 Å². The first kappa shape index (κ1) is 9.84. The lowest BCUT2D eigenvalue weighted by Gasteiger charge is -2.05. The molecule has 0 radical (unpaired) electrons. The summed E-state index contributed by atoms with van der Waals surface area (Å²) in [5.74, 6) is 0.850. The minimum absolute atomic E-state index is 0.850. The van der Waals surface area contributed by atoms with Crippen molar-refractivity contribution in [1.29, 1.82) is 0 Å². The molecule has 2 N–H and O–H groups in total. The van der Waals surface area contributed by atoms with Crippen molar-refractivity contribution in [1.82, 2.24) is 4.57 Å². The number of aryl methyl sites for hydroxylation is 2. The summed E-state index contributed by atoms with van der Waals surface area (Å²) in [5.41, 5.74) is 9.64. The minimum Gasteiger partial charge on any atom is -0.385 e. The Balaban J connectivity index is 2.49. The van der Waals surface area contributed by atoms with E-state index in [9.17, 15) is 0 Å². The molecule has 2 rings (SSSR count). The zero-order valence-corrected chi connectivity index (χ0v) is 9.20. The van der Waals surface area contributed by atoms with Crippen molar-refractivity contribution in [2.24, 2.45) is 0 Å². The van der Waals surface area contributed by atoms with Crippen molar-refractivity contribution in [2.45, 2.75) is 20.4 Å². The normalized spacial score (nSPS) is 10.5.